The van der Waals surface area contributed by atoms with Gasteiger partial charge in [-0.2, -0.15) is 0 Å². The first kappa shape index (κ1) is 11.1. The molecule has 0 saturated heterocycles. The summed E-state index contributed by atoms with van der Waals surface area (Å²) in [7, 11) is 0. The Balaban J connectivity index is 1.88. The third kappa shape index (κ3) is 2.04. The summed E-state index contributed by atoms with van der Waals surface area (Å²) in [6, 6.07) is 10.6. The van der Waals surface area contributed by atoms with Crippen LogP contribution in [0.25, 0.3) is 0 Å². The van der Waals surface area contributed by atoms with E-state index in [1.807, 2.05) is 30.6 Å². The van der Waals surface area contributed by atoms with Crippen LogP contribution in [0.15, 0.2) is 42.7 Å². The molecule has 0 aliphatic carbocycles. The minimum absolute atomic E-state index is 0.201. The van der Waals surface area contributed by atoms with Gasteiger partial charge >= 0.3 is 0 Å². The Kier molecular flexibility index (Phi) is 2.89. The Hall–Kier alpha value is -2.03. The molecule has 0 bridgehead atoms. The quantitative estimate of drug-likeness (QED) is 0.875. The van der Waals surface area contributed by atoms with Crippen molar-refractivity contribution in [3.8, 4) is 5.75 Å². The molecule has 1 aromatic carbocycles. The molecular weight excluding hydrogens is 224 g/mol. The SMILES string of the molecule is CCc1ccc2c(c1)NC(c1ccncc1)CO2. The van der Waals surface area contributed by atoms with Crippen LogP contribution in [-0.4, -0.2) is 11.6 Å². The van der Waals surface area contributed by atoms with Crippen molar-refractivity contribution in [3.05, 3.63) is 53.9 Å². The summed E-state index contributed by atoms with van der Waals surface area (Å²) < 4.78 is 5.81. The van der Waals surface area contributed by atoms with Gasteiger partial charge < -0.3 is 10.1 Å². The smallest absolute Gasteiger partial charge is 0.142 e. The first-order chi connectivity index (χ1) is 8.86. The summed E-state index contributed by atoms with van der Waals surface area (Å²) in [6.07, 6.45) is 4.67. The monoisotopic (exact) mass is 240 g/mol. The maximum absolute atomic E-state index is 5.81. The molecule has 2 heterocycles. The van der Waals surface area contributed by atoms with E-state index >= 15 is 0 Å². The van der Waals surface area contributed by atoms with Crippen LogP contribution in [0.5, 0.6) is 5.75 Å². The lowest BCUT2D eigenvalue weighted by Crippen LogP contribution is -2.24. The second-order valence-corrected chi connectivity index (χ2v) is 4.47. The van der Waals surface area contributed by atoms with Crippen molar-refractivity contribution in [2.45, 2.75) is 19.4 Å². The van der Waals surface area contributed by atoms with Gasteiger partial charge in [0.15, 0.2) is 0 Å². The lowest BCUT2D eigenvalue weighted by molar-refractivity contribution is 0.286. The highest BCUT2D eigenvalue weighted by Crippen LogP contribution is 2.34. The average molecular weight is 240 g/mol. The van der Waals surface area contributed by atoms with Crippen LogP contribution in [0.4, 0.5) is 5.69 Å². The first-order valence-corrected chi connectivity index (χ1v) is 6.29. The molecule has 1 atom stereocenters. The number of fused-ring (bicyclic) bond motifs is 1. The number of nitrogens with one attached hydrogen (secondary N) is 1. The minimum atomic E-state index is 0.201. The zero-order valence-corrected chi connectivity index (χ0v) is 10.4. The highest BCUT2D eigenvalue weighted by molar-refractivity contribution is 5.60. The van der Waals surface area contributed by atoms with Gasteiger partial charge in [-0.1, -0.05) is 13.0 Å². The number of anilines is 1. The van der Waals surface area contributed by atoms with Gasteiger partial charge in [-0.3, -0.25) is 4.98 Å². The first-order valence-electron chi connectivity index (χ1n) is 6.29. The molecule has 0 radical (unpaired) electrons. The summed E-state index contributed by atoms with van der Waals surface area (Å²) >= 11 is 0. The summed E-state index contributed by atoms with van der Waals surface area (Å²) in [6.45, 7) is 2.81. The maximum atomic E-state index is 5.81. The molecular formula is C15H16N2O. The number of hydrogen-bond donors (Lipinski definition) is 1. The van der Waals surface area contributed by atoms with Crippen molar-refractivity contribution < 1.29 is 4.74 Å². The number of ether oxygens (including phenoxy) is 1. The maximum Gasteiger partial charge on any atom is 0.142 e. The van der Waals surface area contributed by atoms with E-state index in [-0.39, 0.29) is 6.04 Å². The van der Waals surface area contributed by atoms with Gasteiger partial charge in [-0.25, -0.2) is 0 Å². The predicted molar refractivity (Wildman–Crippen MR) is 71.9 cm³/mol. The summed E-state index contributed by atoms with van der Waals surface area (Å²) in [4.78, 5) is 4.04. The highest BCUT2D eigenvalue weighted by Gasteiger charge is 2.20. The predicted octanol–water partition coefficient (Wildman–Crippen LogP) is 3.19. The molecule has 18 heavy (non-hydrogen) atoms. The third-order valence-corrected chi connectivity index (χ3v) is 3.30. The van der Waals surface area contributed by atoms with Gasteiger partial charge in [0.05, 0.1) is 11.7 Å². The fourth-order valence-corrected chi connectivity index (χ4v) is 2.21. The molecule has 3 heteroatoms. The van der Waals surface area contributed by atoms with Crippen molar-refractivity contribution in [1.82, 2.24) is 4.98 Å². The molecule has 1 N–H and O–H groups in total. The van der Waals surface area contributed by atoms with E-state index in [0.29, 0.717) is 6.61 Å². The Morgan fingerprint density at radius 1 is 1.28 bits per heavy atom. The largest absolute Gasteiger partial charge is 0.489 e. The van der Waals surface area contributed by atoms with E-state index < -0.39 is 0 Å². The number of benzene rings is 1. The van der Waals surface area contributed by atoms with E-state index in [1.165, 1.54) is 11.1 Å². The molecule has 92 valence electrons. The van der Waals surface area contributed by atoms with Crippen LogP contribution in [0.1, 0.15) is 24.1 Å². The molecule has 0 spiro atoms. The molecule has 0 fully saturated rings. The average Bonchev–Trinajstić information content (AvgIpc) is 2.47. The van der Waals surface area contributed by atoms with E-state index in [2.05, 4.69) is 29.4 Å². The standard InChI is InChI=1S/C15H16N2O/c1-2-11-3-4-15-13(9-11)17-14(10-18-15)12-5-7-16-8-6-12/h3-9,14,17H,2,10H2,1H3. The summed E-state index contributed by atoms with van der Waals surface area (Å²) in [5.41, 5.74) is 3.61. The van der Waals surface area contributed by atoms with E-state index in [4.69, 9.17) is 4.74 Å². The Morgan fingerprint density at radius 2 is 2.11 bits per heavy atom. The van der Waals surface area contributed by atoms with Crippen molar-refractivity contribution in [3.63, 3.8) is 0 Å². The number of rotatable bonds is 2. The van der Waals surface area contributed by atoms with Gasteiger partial charge in [-0.15, -0.1) is 0 Å². The van der Waals surface area contributed by atoms with Gasteiger partial charge in [-0.05, 0) is 41.8 Å². The van der Waals surface area contributed by atoms with Crippen molar-refractivity contribution in [1.29, 1.82) is 0 Å². The Labute approximate surface area is 107 Å². The number of aryl methyl sites for hydroxylation is 1. The van der Waals surface area contributed by atoms with E-state index in [1.54, 1.807) is 0 Å². The third-order valence-electron chi connectivity index (χ3n) is 3.30. The molecule has 3 rings (SSSR count). The van der Waals surface area contributed by atoms with Gasteiger partial charge in [0, 0.05) is 12.4 Å². The van der Waals surface area contributed by atoms with Gasteiger partial charge in [0.2, 0.25) is 0 Å². The fraction of sp³-hybridized carbons (Fsp3) is 0.267. The minimum Gasteiger partial charge on any atom is -0.489 e. The summed E-state index contributed by atoms with van der Waals surface area (Å²) in [5.74, 6) is 0.942. The molecule has 1 aliphatic rings. The van der Waals surface area contributed by atoms with Crippen molar-refractivity contribution in [2.75, 3.05) is 11.9 Å². The molecule has 0 saturated carbocycles. The Morgan fingerprint density at radius 3 is 2.89 bits per heavy atom. The highest BCUT2D eigenvalue weighted by atomic mass is 16.5. The zero-order valence-electron chi connectivity index (χ0n) is 10.4. The lowest BCUT2D eigenvalue weighted by Gasteiger charge is -2.28. The normalized spacial score (nSPS) is 17.5. The van der Waals surface area contributed by atoms with Crippen LogP contribution >= 0.6 is 0 Å². The van der Waals surface area contributed by atoms with Crippen LogP contribution < -0.4 is 10.1 Å². The van der Waals surface area contributed by atoms with E-state index in [9.17, 15) is 0 Å². The lowest BCUT2D eigenvalue weighted by atomic mass is 10.1. The zero-order chi connectivity index (χ0) is 12.4. The molecule has 3 nitrogen and oxygen atoms in total. The van der Waals surface area contributed by atoms with Gasteiger partial charge in [0.1, 0.15) is 12.4 Å². The number of pyridine rings is 1. The number of aromatic nitrogens is 1. The molecule has 2 aromatic rings. The Bertz CT molecular complexity index is 539. The summed E-state index contributed by atoms with van der Waals surface area (Å²) in [5, 5.41) is 3.54. The number of hydrogen-bond acceptors (Lipinski definition) is 3. The van der Waals surface area contributed by atoms with Crippen LogP contribution in [0, 0.1) is 0 Å². The van der Waals surface area contributed by atoms with Crippen LogP contribution in [0.3, 0.4) is 0 Å². The fourth-order valence-electron chi connectivity index (χ4n) is 2.21. The molecule has 1 aliphatic heterocycles. The number of nitrogens with zero attached hydrogens (tertiary/aromatic N) is 1. The van der Waals surface area contributed by atoms with E-state index in [0.717, 1.165) is 17.9 Å². The van der Waals surface area contributed by atoms with Crippen LogP contribution in [0.2, 0.25) is 0 Å². The molecule has 0 amide bonds. The van der Waals surface area contributed by atoms with Crippen molar-refractivity contribution >= 4 is 5.69 Å². The molecule has 1 unspecified atom stereocenters. The topological polar surface area (TPSA) is 34.2 Å². The van der Waals surface area contributed by atoms with Crippen LogP contribution in [-0.2, 0) is 6.42 Å². The van der Waals surface area contributed by atoms with Gasteiger partial charge in [0.25, 0.3) is 0 Å². The second-order valence-electron chi connectivity index (χ2n) is 4.47. The second kappa shape index (κ2) is 4.69. The molecule has 1 aromatic heterocycles. The van der Waals surface area contributed by atoms with Crippen molar-refractivity contribution in [2.24, 2.45) is 0 Å².